The Morgan fingerprint density at radius 2 is 2.11 bits per heavy atom. The zero-order valence-electron chi connectivity index (χ0n) is 11.2. The largest absolute Gasteiger partial charge is 0.397 e. The SMILES string of the molecule is CSC1(CNc2ccc(C(N)=O)cc2N)CCCC1. The third-order valence-corrected chi connectivity index (χ3v) is 5.30. The summed E-state index contributed by atoms with van der Waals surface area (Å²) in [6.07, 6.45) is 7.28. The Morgan fingerprint density at radius 3 is 2.63 bits per heavy atom. The molecule has 5 N–H and O–H groups in total. The number of primary amides is 1. The third kappa shape index (κ3) is 3.15. The molecule has 0 spiro atoms. The topological polar surface area (TPSA) is 81.1 Å². The van der Waals surface area contributed by atoms with E-state index in [9.17, 15) is 4.79 Å². The number of rotatable bonds is 5. The van der Waals surface area contributed by atoms with Gasteiger partial charge in [0.2, 0.25) is 5.91 Å². The van der Waals surface area contributed by atoms with E-state index in [1.165, 1.54) is 25.7 Å². The predicted octanol–water partition coefficient (Wildman–Crippen LogP) is 2.46. The molecule has 1 aliphatic rings. The van der Waals surface area contributed by atoms with Crippen LogP contribution in [0.4, 0.5) is 11.4 Å². The van der Waals surface area contributed by atoms with Gasteiger partial charge >= 0.3 is 0 Å². The van der Waals surface area contributed by atoms with Crippen LogP contribution >= 0.6 is 11.8 Å². The third-order valence-electron chi connectivity index (χ3n) is 3.88. The molecule has 19 heavy (non-hydrogen) atoms. The smallest absolute Gasteiger partial charge is 0.248 e. The van der Waals surface area contributed by atoms with Crippen LogP contribution in [0.5, 0.6) is 0 Å². The first-order valence-corrected chi connectivity index (χ1v) is 7.77. The number of nitrogens with two attached hydrogens (primary N) is 2. The Bertz CT molecular complexity index is 470. The second kappa shape index (κ2) is 5.74. The molecule has 0 aliphatic heterocycles. The number of hydrogen-bond donors (Lipinski definition) is 3. The van der Waals surface area contributed by atoms with Gasteiger partial charge < -0.3 is 16.8 Å². The van der Waals surface area contributed by atoms with Gasteiger partial charge in [-0.15, -0.1) is 0 Å². The Hall–Kier alpha value is -1.36. The molecule has 1 fully saturated rings. The number of benzene rings is 1. The standard InChI is InChI=1S/C14H21N3OS/c1-19-14(6-2-3-7-14)9-17-12-5-4-10(13(16)18)8-11(12)15/h4-5,8,17H,2-3,6-7,9,15H2,1H3,(H2,16,18). The van der Waals surface area contributed by atoms with Crippen LogP contribution in [0.3, 0.4) is 0 Å². The number of nitrogens with one attached hydrogen (secondary N) is 1. The summed E-state index contributed by atoms with van der Waals surface area (Å²) in [5.41, 5.74) is 13.1. The van der Waals surface area contributed by atoms with E-state index in [0.29, 0.717) is 16.0 Å². The molecule has 0 atom stereocenters. The van der Waals surface area contributed by atoms with Gasteiger partial charge in [0.25, 0.3) is 0 Å². The fraction of sp³-hybridized carbons (Fsp3) is 0.500. The number of carbonyl (C=O) groups excluding carboxylic acids is 1. The molecule has 4 nitrogen and oxygen atoms in total. The van der Waals surface area contributed by atoms with Crippen LogP contribution < -0.4 is 16.8 Å². The summed E-state index contributed by atoms with van der Waals surface area (Å²) < 4.78 is 0.328. The van der Waals surface area contributed by atoms with Crippen LogP contribution in [0.1, 0.15) is 36.0 Å². The van der Waals surface area contributed by atoms with E-state index in [1.807, 2.05) is 17.8 Å². The molecule has 0 aromatic heterocycles. The summed E-state index contributed by atoms with van der Waals surface area (Å²) in [4.78, 5) is 11.1. The molecule has 1 aromatic carbocycles. The first kappa shape index (κ1) is 14.1. The van der Waals surface area contributed by atoms with Crippen LogP contribution in [0, 0.1) is 0 Å². The summed E-state index contributed by atoms with van der Waals surface area (Å²) >= 11 is 1.94. The van der Waals surface area contributed by atoms with Gasteiger partial charge in [0.1, 0.15) is 0 Å². The number of amides is 1. The molecule has 1 aromatic rings. The number of anilines is 2. The van der Waals surface area contributed by atoms with Gasteiger partial charge in [0.05, 0.1) is 11.4 Å². The number of thioether (sulfide) groups is 1. The van der Waals surface area contributed by atoms with Gasteiger partial charge in [-0.2, -0.15) is 11.8 Å². The molecule has 0 bridgehead atoms. The minimum atomic E-state index is -0.449. The van der Waals surface area contributed by atoms with Gasteiger partial charge in [0, 0.05) is 16.9 Å². The second-order valence-electron chi connectivity index (χ2n) is 5.11. The molecule has 0 unspecified atom stereocenters. The molecule has 1 saturated carbocycles. The highest BCUT2D eigenvalue weighted by Crippen LogP contribution is 2.40. The predicted molar refractivity (Wildman–Crippen MR) is 82.6 cm³/mol. The van der Waals surface area contributed by atoms with E-state index >= 15 is 0 Å². The minimum Gasteiger partial charge on any atom is -0.397 e. The lowest BCUT2D eigenvalue weighted by Crippen LogP contribution is -2.30. The lowest BCUT2D eigenvalue weighted by Gasteiger charge is -2.27. The highest BCUT2D eigenvalue weighted by Gasteiger charge is 2.32. The van der Waals surface area contributed by atoms with Gasteiger partial charge in [-0.25, -0.2) is 0 Å². The van der Waals surface area contributed by atoms with Crippen molar-refractivity contribution < 1.29 is 4.79 Å². The number of hydrogen-bond acceptors (Lipinski definition) is 4. The first-order valence-electron chi connectivity index (χ1n) is 6.55. The van der Waals surface area contributed by atoms with E-state index in [-0.39, 0.29) is 0 Å². The normalized spacial score (nSPS) is 17.3. The summed E-state index contributed by atoms with van der Waals surface area (Å²) in [5, 5.41) is 3.41. The van der Waals surface area contributed by atoms with Crippen LogP contribution in [0.2, 0.25) is 0 Å². The van der Waals surface area contributed by atoms with Crippen molar-refractivity contribution in [3.63, 3.8) is 0 Å². The van der Waals surface area contributed by atoms with Crippen molar-refractivity contribution in [2.24, 2.45) is 5.73 Å². The molecular formula is C14H21N3OS. The first-order chi connectivity index (χ1) is 9.06. The van der Waals surface area contributed by atoms with E-state index in [1.54, 1.807) is 12.1 Å². The monoisotopic (exact) mass is 279 g/mol. The van der Waals surface area contributed by atoms with E-state index in [2.05, 4.69) is 11.6 Å². The summed E-state index contributed by atoms with van der Waals surface area (Å²) in [6.45, 7) is 0.911. The lowest BCUT2D eigenvalue weighted by atomic mass is 10.1. The van der Waals surface area contributed by atoms with Gasteiger partial charge in [-0.3, -0.25) is 4.79 Å². The van der Waals surface area contributed by atoms with Crippen LogP contribution in [-0.4, -0.2) is 23.5 Å². The average molecular weight is 279 g/mol. The molecule has 2 rings (SSSR count). The quantitative estimate of drug-likeness (QED) is 0.723. The fourth-order valence-corrected chi connectivity index (χ4v) is 3.52. The van der Waals surface area contributed by atoms with Crippen molar-refractivity contribution in [2.75, 3.05) is 23.9 Å². The maximum atomic E-state index is 11.1. The summed E-state index contributed by atoms with van der Waals surface area (Å²) in [6, 6.07) is 5.17. The maximum Gasteiger partial charge on any atom is 0.248 e. The van der Waals surface area contributed by atoms with Crippen LogP contribution in [-0.2, 0) is 0 Å². The van der Waals surface area contributed by atoms with Crippen molar-refractivity contribution in [1.82, 2.24) is 0 Å². The molecule has 0 heterocycles. The van der Waals surface area contributed by atoms with E-state index < -0.39 is 5.91 Å². The Balaban J connectivity index is 2.05. The molecule has 0 saturated heterocycles. The van der Waals surface area contributed by atoms with Crippen LogP contribution in [0.25, 0.3) is 0 Å². The lowest BCUT2D eigenvalue weighted by molar-refractivity contribution is 0.100. The molecule has 1 aliphatic carbocycles. The zero-order valence-corrected chi connectivity index (χ0v) is 12.1. The van der Waals surface area contributed by atoms with Crippen molar-refractivity contribution in [3.05, 3.63) is 23.8 Å². The highest BCUT2D eigenvalue weighted by atomic mass is 32.2. The molecule has 104 valence electrons. The van der Waals surface area contributed by atoms with Gasteiger partial charge in [0.15, 0.2) is 0 Å². The fourth-order valence-electron chi connectivity index (χ4n) is 2.61. The Morgan fingerprint density at radius 1 is 1.42 bits per heavy atom. The van der Waals surface area contributed by atoms with Crippen molar-refractivity contribution in [1.29, 1.82) is 0 Å². The Labute approximate surface area is 118 Å². The zero-order chi connectivity index (χ0) is 13.9. The van der Waals surface area contributed by atoms with Crippen molar-refractivity contribution in [2.45, 2.75) is 30.4 Å². The maximum absolute atomic E-state index is 11.1. The van der Waals surface area contributed by atoms with Crippen molar-refractivity contribution in [3.8, 4) is 0 Å². The van der Waals surface area contributed by atoms with E-state index in [0.717, 1.165) is 12.2 Å². The van der Waals surface area contributed by atoms with E-state index in [4.69, 9.17) is 11.5 Å². The highest BCUT2D eigenvalue weighted by molar-refractivity contribution is 8.00. The Kier molecular flexibility index (Phi) is 4.24. The average Bonchev–Trinajstić information content (AvgIpc) is 2.86. The number of carbonyl (C=O) groups is 1. The minimum absolute atomic E-state index is 0.328. The number of nitrogen functional groups attached to an aromatic ring is 1. The second-order valence-corrected chi connectivity index (χ2v) is 6.39. The van der Waals surface area contributed by atoms with Gasteiger partial charge in [-0.05, 0) is 37.3 Å². The molecule has 0 radical (unpaired) electrons. The van der Waals surface area contributed by atoms with Crippen LogP contribution in [0.15, 0.2) is 18.2 Å². The van der Waals surface area contributed by atoms with Crippen molar-refractivity contribution >= 4 is 29.0 Å². The molecular weight excluding hydrogens is 258 g/mol. The van der Waals surface area contributed by atoms with Gasteiger partial charge in [-0.1, -0.05) is 12.8 Å². The molecule has 1 amide bonds. The summed E-state index contributed by atoms with van der Waals surface area (Å²) in [5.74, 6) is -0.449. The summed E-state index contributed by atoms with van der Waals surface area (Å²) in [7, 11) is 0. The molecule has 5 heteroatoms.